The zero-order valence-corrected chi connectivity index (χ0v) is 10.4. The van der Waals surface area contributed by atoms with Crippen LogP contribution >= 0.6 is 0 Å². The number of hydrogen-bond donors (Lipinski definition) is 0. The van der Waals surface area contributed by atoms with Crippen molar-refractivity contribution >= 4 is 9.53 Å². The molecule has 0 aromatic heterocycles. The molecule has 0 bridgehead atoms. The second-order valence-electron chi connectivity index (χ2n) is 3.13. The first-order valence-electron chi connectivity index (χ1n) is 4.87. The molecule has 0 fully saturated rings. The fourth-order valence-corrected chi connectivity index (χ4v) is 1.89. The molecular formula is C11H17O3Si. The number of aryl methyl sites for hydroxylation is 2. The van der Waals surface area contributed by atoms with Gasteiger partial charge in [0.25, 0.3) is 0 Å². The zero-order chi connectivity index (χ0) is 11.1. The van der Waals surface area contributed by atoms with Crippen LogP contribution in [-0.2, 0) is 26.1 Å². The van der Waals surface area contributed by atoms with E-state index in [4.69, 9.17) is 13.3 Å². The topological polar surface area (TPSA) is 27.7 Å². The van der Waals surface area contributed by atoms with Crippen LogP contribution in [0.4, 0.5) is 0 Å². The van der Waals surface area contributed by atoms with E-state index >= 15 is 0 Å². The predicted octanol–water partition coefficient (Wildman–Crippen LogP) is 1.70. The van der Waals surface area contributed by atoms with Crippen LogP contribution in [-0.4, -0.2) is 30.9 Å². The molecule has 0 atom stereocenters. The number of fused-ring (bicyclic) bond motifs is 1. The van der Waals surface area contributed by atoms with Crippen molar-refractivity contribution < 1.29 is 13.3 Å². The molecule has 1 radical (unpaired) electrons. The summed E-state index contributed by atoms with van der Waals surface area (Å²) in [4.78, 5) is 0. The smallest absolute Gasteiger partial charge is 0.375 e. The molecule has 1 aromatic carbocycles. The van der Waals surface area contributed by atoms with Crippen molar-refractivity contribution in [1.29, 1.82) is 0 Å². The summed E-state index contributed by atoms with van der Waals surface area (Å²) >= 11 is 0. The van der Waals surface area contributed by atoms with E-state index in [2.05, 4.69) is 24.3 Å². The van der Waals surface area contributed by atoms with E-state index in [0.717, 1.165) is 0 Å². The first kappa shape index (κ1) is 12.4. The van der Waals surface area contributed by atoms with Gasteiger partial charge in [0.2, 0.25) is 0 Å². The quantitative estimate of drug-likeness (QED) is 0.733. The highest BCUT2D eigenvalue weighted by Gasteiger charge is 2.10. The summed E-state index contributed by atoms with van der Waals surface area (Å²) in [6.07, 6.45) is 2.60. The normalized spacial score (nSPS) is 12.5. The summed E-state index contributed by atoms with van der Waals surface area (Å²) in [6.45, 7) is 0. The van der Waals surface area contributed by atoms with E-state index in [1.807, 2.05) is 0 Å². The van der Waals surface area contributed by atoms with Gasteiger partial charge in [-0.05, 0) is 24.0 Å². The van der Waals surface area contributed by atoms with Gasteiger partial charge in [-0.2, -0.15) is 0 Å². The molecule has 15 heavy (non-hydrogen) atoms. The minimum atomic E-state index is -1.36. The van der Waals surface area contributed by atoms with Crippen molar-refractivity contribution in [3.8, 4) is 0 Å². The van der Waals surface area contributed by atoms with E-state index in [1.54, 1.807) is 32.5 Å². The SMILES string of the molecule is CO[Si](OC)OC.c1ccc2c(c1)CC2. The largest absolute Gasteiger partial charge is 0.576 e. The molecule has 0 amide bonds. The summed E-state index contributed by atoms with van der Waals surface area (Å²) in [5.74, 6) is 0. The Bertz CT molecular complexity index is 258. The maximum Gasteiger partial charge on any atom is 0.576 e. The van der Waals surface area contributed by atoms with Crippen LogP contribution < -0.4 is 0 Å². The minimum absolute atomic E-state index is 1.30. The Kier molecular flexibility index (Phi) is 5.56. The first-order chi connectivity index (χ1) is 7.31. The van der Waals surface area contributed by atoms with Crippen LogP contribution in [0.2, 0.25) is 0 Å². The Hall–Kier alpha value is -0.683. The predicted molar refractivity (Wildman–Crippen MR) is 60.6 cm³/mol. The molecule has 0 unspecified atom stereocenters. The van der Waals surface area contributed by atoms with Gasteiger partial charge in [0.05, 0.1) is 0 Å². The van der Waals surface area contributed by atoms with Gasteiger partial charge in [-0.3, -0.25) is 0 Å². The van der Waals surface area contributed by atoms with Gasteiger partial charge in [-0.15, -0.1) is 0 Å². The molecule has 3 nitrogen and oxygen atoms in total. The van der Waals surface area contributed by atoms with Crippen molar-refractivity contribution in [2.75, 3.05) is 21.3 Å². The monoisotopic (exact) mass is 225 g/mol. The molecule has 0 spiro atoms. The standard InChI is InChI=1S/C8H8.C3H9O3Si/c1-2-4-8-6-5-7(8)3-1;1-4-7(5-2)6-3/h1-4H,5-6H2;1-3H3. The van der Waals surface area contributed by atoms with E-state index in [9.17, 15) is 0 Å². The van der Waals surface area contributed by atoms with Gasteiger partial charge < -0.3 is 13.3 Å². The van der Waals surface area contributed by atoms with Crippen molar-refractivity contribution in [1.82, 2.24) is 0 Å². The zero-order valence-electron chi connectivity index (χ0n) is 9.45. The average Bonchev–Trinajstić information content (AvgIpc) is 2.24. The lowest BCUT2D eigenvalue weighted by atomic mass is 9.89. The summed E-state index contributed by atoms with van der Waals surface area (Å²) in [5, 5.41) is 0. The third kappa shape index (κ3) is 3.75. The highest BCUT2D eigenvalue weighted by molar-refractivity contribution is 6.36. The van der Waals surface area contributed by atoms with E-state index in [0.29, 0.717) is 0 Å². The van der Waals surface area contributed by atoms with Gasteiger partial charge in [-0.25, -0.2) is 0 Å². The van der Waals surface area contributed by atoms with Crippen LogP contribution in [0, 0.1) is 0 Å². The number of rotatable bonds is 3. The fraction of sp³-hybridized carbons (Fsp3) is 0.455. The molecule has 1 aromatic rings. The second kappa shape index (κ2) is 6.74. The van der Waals surface area contributed by atoms with Crippen molar-refractivity contribution in [3.05, 3.63) is 35.4 Å². The summed E-state index contributed by atoms with van der Waals surface area (Å²) in [7, 11) is 3.31. The summed E-state index contributed by atoms with van der Waals surface area (Å²) < 4.78 is 14.1. The number of benzene rings is 1. The molecule has 1 aliphatic carbocycles. The molecule has 0 saturated carbocycles. The maximum atomic E-state index is 4.71. The van der Waals surface area contributed by atoms with Gasteiger partial charge >= 0.3 is 9.53 Å². The molecule has 0 saturated heterocycles. The Labute approximate surface area is 92.9 Å². The van der Waals surface area contributed by atoms with E-state index in [-0.39, 0.29) is 0 Å². The van der Waals surface area contributed by atoms with E-state index in [1.165, 1.54) is 12.8 Å². The minimum Gasteiger partial charge on any atom is -0.375 e. The molecule has 0 N–H and O–H groups in total. The Morgan fingerprint density at radius 3 is 1.40 bits per heavy atom. The summed E-state index contributed by atoms with van der Waals surface area (Å²) in [5.41, 5.74) is 3.10. The lowest BCUT2D eigenvalue weighted by molar-refractivity contribution is 0.163. The third-order valence-corrected chi connectivity index (χ3v) is 3.28. The van der Waals surface area contributed by atoms with Crippen molar-refractivity contribution in [2.45, 2.75) is 12.8 Å². The lowest BCUT2D eigenvalue weighted by Crippen LogP contribution is -2.21. The van der Waals surface area contributed by atoms with Crippen molar-refractivity contribution in [2.24, 2.45) is 0 Å². The summed E-state index contributed by atoms with van der Waals surface area (Å²) in [6, 6.07) is 8.63. The molecule has 83 valence electrons. The number of hydrogen-bond acceptors (Lipinski definition) is 3. The highest BCUT2D eigenvalue weighted by Crippen LogP contribution is 2.20. The van der Waals surface area contributed by atoms with Crippen LogP contribution in [0.5, 0.6) is 0 Å². The average molecular weight is 225 g/mol. The molecular weight excluding hydrogens is 208 g/mol. The van der Waals surface area contributed by atoms with E-state index < -0.39 is 9.53 Å². The molecule has 2 rings (SSSR count). The second-order valence-corrected chi connectivity index (χ2v) is 4.86. The fourth-order valence-electron chi connectivity index (χ4n) is 1.39. The Balaban J connectivity index is 0.000000153. The Morgan fingerprint density at radius 1 is 0.867 bits per heavy atom. The molecule has 0 aliphatic heterocycles. The van der Waals surface area contributed by atoms with Crippen molar-refractivity contribution in [3.63, 3.8) is 0 Å². The van der Waals surface area contributed by atoms with Gasteiger partial charge in [0.1, 0.15) is 0 Å². The molecule has 0 heterocycles. The molecule has 4 heteroatoms. The van der Waals surface area contributed by atoms with Crippen LogP contribution in [0.1, 0.15) is 11.1 Å². The maximum absolute atomic E-state index is 4.71. The third-order valence-electron chi connectivity index (χ3n) is 2.28. The molecule has 1 aliphatic rings. The first-order valence-corrected chi connectivity index (χ1v) is 6.10. The Morgan fingerprint density at radius 2 is 1.27 bits per heavy atom. The lowest BCUT2D eigenvalue weighted by Gasteiger charge is -2.16. The highest BCUT2D eigenvalue weighted by atomic mass is 28.3. The van der Waals surface area contributed by atoms with Crippen LogP contribution in [0.25, 0.3) is 0 Å². The van der Waals surface area contributed by atoms with Crippen LogP contribution in [0.15, 0.2) is 24.3 Å². The van der Waals surface area contributed by atoms with Gasteiger partial charge in [0.15, 0.2) is 0 Å². The van der Waals surface area contributed by atoms with Gasteiger partial charge in [-0.1, -0.05) is 24.3 Å². The van der Waals surface area contributed by atoms with Crippen LogP contribution in [0.3, 0.4) is 0 Å². The van der Waals surface area contributed by atoms with Gasteiger partial charge in [0, 0.05) is 21.3 Å².